The molecular formula is C16H30O3. The predicted octanol–water partition coefficient (Wildman–Crippen LogP) is 3.97. The number of carbonyl (C=O) groups excluding carboxylic acids is 1. The van der Waals surface area contributed by atoms with Crippen LogP contribution in [-0.2, 0) is 9.53 Å². The number of hydrogen-bond acceptors (Lipinski definition) is 3. The third kappa shape index (κ3) is 5.52. The summed E-state index contributed by atoms with van der Waals surface area (Å²) in [5.41, 5.74) is -0.363. The highest BCUT2D eigenvalue weighted by Crippen LogP contribution is 2.36. The molecule has 0 bridgehead atoms. The van der Waals surface area contributed by atoms with Gasteiger partial charge in [0.1, 0.15) is 5.60 Å². The molecule has 0 radical (unpaired) electrons. The zero-order chi connectivity index (χ0) is 14.1. The van der Waals surface area contributed by atoms with Gasteiger partial charge in [0.15, 0.2) is 6.10 Å². The molecule has 1 fully saturated rings. The number of cyclic esters (lactones) is 1. The van der Waals surface area contributed by atoms with E-state index in [1.54, 1.807) is 0 Å². The van der Waals surface area contributed by atoms with Crippen LogP contribution in [0.15, 0.2) is 0 Å². The van der Waals surface area contributed by atoms with Gasteiger partial charge < -0.3 is 9.84 Å². The molecule has 19 heavy (non-hydrogen) atoms. The highest BCUT2D eigenvalue weighted by Gasteiger charge is 2.44. The van der Waals surface area contributed by atoms with E-state index in [0.717, 1.165) is 25.7 Å². The van der Waals surface area contributed by atoms with Crippen molar-refractivity contribution >= 4 is 5.97 Å². The lowest BCUT2D eigenvalue weighted by atomic mass is 9.87. The van der Waals surface area contributed by atoms with Crippen molar-refractivity contribution in [3.05, 3.63) is 0 Å². The number of hydrogen-bond donors (Lipinski definition) is 1. The largest absolute Gasteiger partial charge is 0.457 e. The lowest BCUT2D eigenvalue weighted by Gasteiger charge is -2.27. The second-order valence-electron chi connectivity index (χ2n) is 5.95. The van der Waals surface area contributed by atoms with Crippen LogP contribution in [0.4, 0.5) is 0 Å². The van der Waals surface area contributed by atoms with Gasteiger partial charge in [0.05, 0.1) is 0 Å². The Morgan fingerprint density at radius 1 is 1.05 bits per heavy atom. The normalized spacial score (nSPS) is 21.6. The number of aliphatic hydroxyl groups excluding tert-OH is 1. The Balaban J connectivity index is 2.41. The SMILES string of the molecule is CCCCCCC1(CCCCCC)C[C@H](O)C(=O)O1. The Morgan fingerprint density at radius 2 is 1.58 bits per heavy atom. The van der Waals surface area contributed by atoms with Crippen LogP contribution in [0.5, 0.6) is 0 Å². The first-order valence-corrected chi connectivity index (χ1v) is 8.04. The maximum Gasteiger partial charge on any atom is 0.335 e. The van der Waals surface area contributed by atoms with Crippen molar-refractivity contribution < 1.29 is 14.6 Å². The molecule has 0 unspecified atom stereocenters. The summed E-state index contributed by atoms with van der Waals surface area (Å²) in [6.45, 7) is 4.39. The monoisotopic (exact) mass is 270 g/mol. The van der Waals surface area contributed by atoms with E-state index < -0.39 is 12.1 Å². The van der Waals surface area contributed by atoms with Crippen LogP contribution >= 0.6 is 0 Å². The Hall–Kier alpha value is -0.570. The second kappa shape index (κ2) is 8.57. The summed E-state index contributed by atoms with van der Waals surface area (Å²) < 4.78 is 5.53. The minimum absolute atomic E-state index is 0.363. The van der Waals surface area contributed by atoms with Gasteiger partial charge in [0.2, 0.25) is 0 Å². The van der Waals surface area contributed by atoms with E-state index in [0.29, 0.717) is 6.42 Å². The Morgan fingerprint density at radius 3 is 1.95 bits per heavy atom. The van der Waals surface area contributed by atoms with Gasteiger partial charge in [0, 0.05) is 6.42 Å². The van der Waals surface area contributed by atoms with Crippen LogP contribution in [0.1, 0.15) is 84.5 Å². The highest BCUT2D eigenvalue weighted by atomic mass is 16.6. The fourth-order valence-electron chi connectivity index (χ4n) is 2.94. The number of aliphatic hydroxyl groups is 1. The summed E-state index contributed by atoms with van der Waals surface area (Å²) >= 11 is 0. The molecule has 0 aromatic rings. The van der Waals surface area contributed by atoms with Gasteiger partial charge in [-0.05, 0) is 25.7 Å². The maximum absolute atomic E-state index is 11.5. The number of carbonyl (C=O) groups is 1. The lowest BCUT2D eigenvalue weighted by molar-refractivity contribution is -0.154. The van der Waals surface area contributed by atoms with Crippen molar-refractivity contribution in [2.75, 3.05) is 0 Å². The summed E-state index contributed by atoms with van der Waals surface area (Å²) in [6.07, 6.45) is 10.9. The molecule has 1 atom stereocenters. The number of ether oxygens (including phenoxy) is 1. The first-order chi connectivity index (χ1) is 9.13. The quantitative estimate of drug-likeness (QED) is 0.482. The molecule has 3 nitrogen and oxygen atoms in total. The van der Waals surface area contributed by atoms with Crippen molar-refractivity contribution in [2.45, 2.75) is 96.2 Å². The van der Waals surface area contributed by atoms with Crippen LogP contribution in [-0.4, -0.2) is 22.8 Å². The van der Waals surface area contributed by atoms with Crippen molar-refractivity contribution in [3.8, 4) is 0 Å². The predicted molar refractivity (Wildman–Crippen MR) is 77.0 cm³/mol. The zero-order valence-electron chi connectivity index (χ0n) is 12.6. The number of esters is 1. The molecule has 1 aliphatic rings. The molecule has 1 aliphatic heterocycles. The molecule has 0 spiro atoms. The third-order valence-electron chi connectivity index (χ3n) is 4.13. The van der Waals surface area contributed by atoms with Crippen LogP contribution in [0.25, 0.3) is 0 Å². The van der Waals surface area contributed by atoms with Crippen LogP contribution in [0, 0.1) is 0 Å². The van der Waals surface area contributed by atoms with Gasteiger partial charge in [-0.1, -0.05) is 52.4 Å². The average Bonchev–Trinajstić information content (AvgIpc) is 2.67. The van der Waals surface area contributed by atoms with Gasteiger partial charge in [-0.3, -0.25) is 0 Å². The van der Waals surface area contributed by atoms with E-state index in [4.69, 9.17) is 4.74 Å². The fourth-order valence-corrected chi connectivity index (χ4v) is 2.94. The summed E-state index contributed by atoms with van der Waals surface area (Å²) in [5.74, 6) is -0.411. The molecule has 1 saturated heterocycles. The van der Waals surface area contributed by atoms with Gasteiger partial charge in [0.25, 0.3) is 0 Å². The van der Waals surface area contributed by atoms with Gasteiger partial charge >= 0.3 is 5.97 Å². The maximum atomic E-state index is 11.5. The van der Waals surface area contributed by atoms with Crippen molar-refractivity contribution in [3.63, 3.8) is 0 Å². The molecule has 0 aromatic carbocycles. The van der Waals surface area contributed by atoms with Crippen LogP contribution in [0.3, 0.4) is 0 Å². The Labute approximate surface area is 117 Å². The summed E-state index contributed by atoms with van der Waals surface area (Å²) in [6, 6.07) is 0. The van der Waals surface area contributed by atoms with Gasteiger partial charge in [-0.2, -0.15) is 0 Å². The molecule has 1 rings (SSSR count). The van der Waals surface area contributed by atoms with E-state index in [1.165, 1.54) is 38.5 Å². The second-order valence-corrected chi connectivity index (χ2v) is 5.95. The van der Waals surface area contributed by atoms with Crippen molar-refractivity contribution in [1.29, 1.82) is 0 Å². The molecule has 112 valence electrons. The zero-order valence-corrected chi connectivity index (χ0v) is 12.6. The molecular weight excluding hydrogens is 240 g/mol. The van der Waals surface area contributed by atoms with Crippen LogP contribution in [0.2, 0.25) is 0 Å². The smallest absolute Gasteiger partial charge is 0.335 e. The Kier molecular flexibility index (Phi) is 7.44. The minimum atomic E-state index is -0.891. The van der Waals surface area contributed by atoms with E-state index in [9.17, 15) is 9.90 Å². The molecule has 0 aromatic heterocycles. The van der Waals surface area contributed by atoms with Gasteiger partial charge in [-0.15, -0.1) is 0 Å². The van der Waals surface area contributed by atoms with E-state index in [1.807, 2.05) is 0 Å². The Bertz CT molecular complexity index is 251. The lowest BCUT2D eigenvalue weighted by Crippen LogP contribution is -2.28. The molecule has 1 heterocycles. The van der Waals surface area contributed by atoms with Gasteiger partial charge in [-0.25, -0.2) is 4.79 Å². The number of rotatable bonds is 10. The number of unbranched alkanes of at least 4 members (excludes halogenated alkanes) is 6. The van der Waals surface area contributed by atoms with Crippen molar-refractivity contribution in [2.24, 2.45) is 0 Å². The third-order valence-corrected chi connectivity index (χ3v) is 4.13. The topological polar surface area (TPSA) is 46.5 Å². The fraction of sp³-hybridized carbons (Fsp3) is 0.938. The minimum Gasteiger partial charge on any atom is -0.457 e. The molecule has 0 aliphatic carbocycles. The molecule has 0 amide bonds. The molecule has 3 heteroatoms. The highest BCUT2D eigenvalue weighted by molar-refractivity contribution is 5.77. The van der Waals surface area contributed by atoms with E-state index in [2.05, 4.69) is 13.8 Å². The summed E-state index contributed by atoms with van der Waals surface area (Å²) in [4.78, 5) is 11.5. The summed E-state index contributed by atoms with van der Waals surface area (Å²) in [5, 5.41) is 9.66. The molecule has 1 N–H and O–H groups in total. The van der Waals surface area contributed by atoms with E-state index in [-0.39, 0.29) is 5.60 Å². The standard InChI is InChI=1S/C16H30O3/c1-3-5-7-9-11-16(12-10-8-6-4-2)13-14(17)15(18)19-16/h14,17H,3-13H2,1-2H3/t14-/m0/s1. The van der Waals surface area contributed by atoms with Crippen molar-refractivity contribution in [1.82, 2.24) is 0 Å². The summed E-state index contributed by atoms with van der Waals surface area (Å²) in [7, 11) is 0. The first-order valence-electron chi connectivity index (χ1n) is 8.04. The molecule has 0 saturated carbocycles. The van der Waals surface area contributed by atoms with E-state index >= 15 is 0 Å². The first kappa shape index (κ1) is 16.5. The van der Waals surface area contributed by atoms with Crippen LogP contribution < -0.4 is 0 Å². The average molecular weight is 270 g/mol.